The summed E-state index contributed by atoms with van der Waals surface area (Å²) in [5.41, 5.74) is -1.41. The third kappa shape index (κ3) is 8.11. The number of nitrogens with one attached hydrogen (secondary N) is 1. The van der Waals surface area contributed by atoms with Crippen molar-refractivity contribution in [2.24, 2.45) is 5.92 Å². The first-order valence-corrected chi connectivity index (χ1v) is 16.0. The number of amides is 1. The van der Waals surface area contributed by atoms with Gasteiger partial charge in [0.25, 0.3) is 0 Å². The summed E-state index contributed by atoms with van der Waals surface area (Å²) in [6.45, 7) is 4.79. The van der Waals surface area contributed by atoms with E-state index >= 15 is 0 Å². The van der Waals surface area contributed by atoms with Gasteiger partial charge >= 0.3 is 18.4 Å². The molecule has 16 heteroatoms. The second kappa shape index (κ2) is 14.6. The SMILES string of the molecule is CCOC(=O)N1c2ccc(OC)nc2[C@@H](Nc2ncc(N3CCC(CO)CC3)c(Cc3cc(C(F)(F)F)cc(C(F)(F)F)c3)n2)C[C@H]1CC. The maximum atomic E-state index is 13.7. The molecule has 0 aliphatic carbocycles. The lowest BCUT2D eigenvalue weighted by Gasteiger charge is -2.39. The molecule has 0 bridgehead atoms. The van der Waals surface area contributed by atoms with Gasteiger partial charge in [0.1, 0.15) is 0 Å². The number of carbonyl (C=O) groups excluding carboxylic acids is 1. The summed E-state index contributed by atoms with van der Waals surface area (Å²) in [5.74, 6) is 0.445. The van der Waals surface area contributed by atoms with Crippen molar-refractivity contribution in [3.05, 3.63) is 64.6 Å². The number of fused-ring (bicyclic) bond motifs is 1. The smallest absolute Gasteiger partial charge is 0.416 e. The maximum Gasteiger partial charge on any atom is 0.416 e. The molecule has 0 radical (unpaired) electrons. The van der Waals surface area contributed by atoms with E-state index in [1.165, 1.54) is 13.3 Å². The number of benzene rings is 1. The van der Waals surface area contributed by atoms with Crippen molar-refractivity contribution in [2.45, 2.75) is 70.4 Å². The Hall–Kier alpha value is -4.34. The lowest BCUT2D eigenvalue weighted by molar-refractivity contribution is -0.143. The number of anilines is 3. The molecule has 2 N–H and O–H groups in total. The molecule has 4 heterocycles. The van der Waals surface area contributed by atoms with Crippen molar-refractivity contribution in [1.82, 2.24) is 15.0 Å². The van der Waals surface area contributed by atoms with Gasteiger partial charge in [0.05, 0.1) is 59.8 Å². The Labute approximate surface area is 279 Å². The van der Waals surface area contributed by atoms with Gasteiger partial charge in [-0.1, -0.05) is 6.92 Å². The number of carbonyl (C=O) groups is 1. The van der Waals surface area contributed by atoms with Crippen LogP contribution < -0.4 is 19.9 Å². The highest BCUT2D eigenvalue weighted by molar-refractivity contribution is 5.90. The molecule has 3 aromatic rings. The van der Waals surface area contributed by atoms with E-state index in [1.807, 2.05) is 11.8 Å². The predicted octanol–water partition coefficient (Wildman–Crippen LogP) is 7.02. The normalized spacial score (nSPS) is 18.7. The van der Waals surface area contributed by atoms with Crippen molar-refractivity contribution >= 4 is 23.4 Å². The van der Waals surface area contributed by atoms with Gasteiger partial charge in [0, 0.05) is 38.2 Å². The second-order valence-electron chi connectivity index (χ2n) is 12.1. The number of piperidine rings is 1. The fourth-order valence-corrected chi connectivity index (χ4v) is 6.33. The molecule has 5 rings (SSSR count). The first-order chi connectivity index (χ1) is 23.2. The lowest BCUT2D eigenvalue weighted by Crippen LogP contribution is -2.46. The average Bonchev–Trinajstić information content (AvgIpc) is 3.07. The van der Waals surface area contributed by atoms with Crippen LogP contribution in [0.5, 0.6) is 5.88 Å². The van der Waals surface area contributed by atoms with Crippen LogP contribution >= 0.6 is 0 Å². The lowest BCUT2D eigenvalue weighted by atomic mass is 9.93. The third-order valence-electron chi connectivity index (χ3n) is 8.87. The van der Waals surface area contributed by atoms with Gasteiger partial charge in [0.2, 0.25) is 11.8 Å². The summed E-state index contributed by atoms with van der Waals surface area (Å²) in [5, 5.41) is 12.9. The van der Waals surface area contributed by atoms with Crippen molar-refractivity contribution in [3.63, 3.8) is 0 Å². The topological polar surface area (TPSA) is 113 Å². The summed E-state index contributed by atoms with van der Waals surface area (Å²) in [6, 6.07) is 3.97. The Morgan fingerprint density at radius 1 is 1.00 bits per heavy atom. The molecule has 1 aromatic carbocycles. The molecule has 1 amide bonds. The zero-order valence-electron chi connectivity index (χ0n) is 27.2. The fraction of sp³-hybridized carbons (Fsp3) is 0.515. The van der Waals surface area contributed by atoms with E-state index in [2.05, 4.69) is 20.3 Å². The Morgan fingerprint density at radius 2 is 1.67 bits per heavy atom. The molecule has 1 saturated heterocycles. The van der Waals surface area contributed by atoms with Gasteiger partial charge in [-0.3, -0.25) is 4.90 Å². The van der Waals surface area contributed by atoms with Crippen LogP contribution in [-0.2, 0) is 23.5 Å². The molecule has 1 fully saturated rings. The van der Waals surface area contributed by atoms with Crippen LogP contribution in [0.1, 0.15) is 73.7 Å². The molecular weight excluding hydrogens is 658 g/mol. The molecule has 266 valence electrons. The van der Waals surface area contributed by atoms with Crippen LogP contribution in [0.4, 0.5) is 48.5 Å². The number of aliphatic hydroxyl groups excluding tert-OH is 1. The largest absolute Gasteiger partial charge is 0.481 e. The number of methoxy groups -OCH3 is 1. The summed E-state index contributed by atoms with van der Waals surface area (Å²) in [4.78, 5) is 30.3. The monoisotopic (exact) mass is 696 g/mol. The Kier molecular flexibility index (Phi) is 10.7. The van der Waals surface area contributed by atoms with Crippen molar-refractivity contribution in [3.8, 4) is 5.88 Å². The minimum atomic E-state index is -5.00. The third-order valence-corrected chi connectivity index (χ3v) is 8.87. The first-order valence-electron chi connectivity index (χ1n) is 16.0. The molecule has 0 unspecified atom stereocenters. The minimum absolute atomic E-state index is 0.0124. The fourth-order valence-electron chi connectivity index (χ4n) is 6.33. The summed E-state index contributed by atoms with van der Waals surface area (Å²) < 4.78 is 93.0. The van der Waals surface area contributed by atoms with Crippen LogP contribution in [0.25, 0.3) is 0 Å². The number of pyridine rings is 1. The van der Waals surface area contributed by atoms with E-state index in [4.69, 9.17) is 9.47 Å². The predicted molar refractivity (Wildman–Crippen MR) is 169 cm³/mol. The number of ether oxygens (including phenoxy) is 2. The number of aliphatic hydroxyl groups is 1. The van der Waals surface area contributed by atoms with E-state index < -0.39 is 35.6 Å². The average molecular weight is 697 g/mol. The highest BCUT2D eigenvalue weighted by atomic mass is 19.4. The minimum Gasteiger partial charge on any atom is -0.481 e. The van der Waals surface area contributed by atoms with Crippen LogP contribution in [0, 0.1) is 5.92 Å². The summed E-state index contributed by atoms with van der Waals surface area (Å²) in [7, 11) is 1.45. The summed E-state index contributed by atoms with van der Waals surface area (Å²) >= 11 is 0. The first kappa shape index (κ1) is 36.0. The van der Waals surface area contributed by atoms with Crippen molar-refractivity contribution in [1.29, 1.82) is 0 Å². The van der Waals surface area contributed by atoms with E-state index in [0.717, 1.165) is 0 Å². The zero-order chi connectivity index (χ0) is 35.5. The molecule has 0 saturated carbocycles. The van der Waals surface area contributed by atoms with Gasteiger partial charge in [-0.15, -0.1) is 0 Å². The number of hydrogen-bond acceptors (Lipinski definition) is 9. The summed E-state index contributed by atoms with van der Waals surface area (Å²) in [6.07, 6.45) is -7.17. The van der Waals surface area contributed by atoms with Crippen LogP contribution in [-0.4, -0.2) is 65.6 Å². The molecule has 2 aromatic heterocycles. The van der Waals surface area contributed by atoms with Crippen molar-refractivity contribution in [2.75, 3.05) is 48.5 Å². The number of alkyl halides is 6. The highest BCUT2D eigenvalue weighted by Crippen LogP contribution is 2.41. The van der Waals surface area contributed by atoms with E-state index in [0.29, 0.717) is 68.0 Å². The molecule has 2 aliphatic heterocycles. The molecule has 49 heavy (non-hydrogen) atoms. The Balaban J connectivity index is 1.55. The maximum absolute atomic E-state index is 13.7. The molecule has 0 spiro atoms. The molecule has 2 aliphatic rings. The van der Waals surface area contributed by atoms with E-state index in [1.54, 1.807) is 24.0 Å². The van der Waals surface area contributed by atoms with Gasteiger partial charge in [-0.2, -0.15) is 26.3 Å². The van der Waals surface area contributed by atoms with Crippen molar-refractivity contribution < 1.29 is 45.7 Å². The molecule has 2 atom stereocenters. The van der Waals surface area contributed by atoms with Gasteiger partial charge in [-0.25, -0.2) is 19.7 Å². The van der Waals surface area contributed by atoms with Crippen LogP contribution in [0.2, 0.25) is 0 Å². The van der Waals surface area contributed by atoms with Gasteiger partial charge in [-0.05, 0) is 68.4 Å². The molecule has 10 nitrogen and oxygen atoms in total. The number of nitrogens with zero attached hydrogens (tertiary/aromatic N) is 5. The van der Waals surface area contributed by atoms with E-state index in [-0.39, 0.29) is 60.7 Å². The number of rotatable bonds is 9. The Bertz CT molecular complexity index is 1600. The second-order valence-corrected chi connectivity index (χ2v) is 12.1. The number of halogens is 6. The standard InChI is InChI=1S/C33H38F6N6O4/c1-4-23-16-25(29-26(6-7-28(43-29)48-3)45(23)31(47)49-5-2)42-30-40-17-27(44-10-8-19(18-46)9-11-44)24(41-30)14-20-12-21(32(34,35)36)15-22(13-20)33(37,38)39/h6-7,12-13,15,17,19,23,25,46H,4-5,8-11,14,16,18H2,1-3H3,(H,40,41,42)/t23-,25+/m1/s1. The van der Waals surface area contributed by atoms with Gasteiger partial charge < -0.3 is 24.8 Å². The number of aromatic nitrogens is 3. The van der Waals surface area contributed by atoms with Gasteiger partial charge in [0.15, 0.2) is 0 Å². The van der Waals surface area contributed by atoms with Crippen LogP contribution in [0.15, 0.2) is 36.5 Å². The molecular formula is C33H38F6N6O4. The Morgan fingerprint density at radius 3 is 2.24 bits per heavy atom. The quantitative estimate of drug-likeness (QED) is 0.228. The number of hydrogen-bond donors (Lipinski definition) is 2. The van der Waals surface area contributed by atoms with E-state index in [9.17, 15) is 36.2 Å². The highest BCUT2D eigenvalue weighted by Gasteiger charge is 2.39. The zero-order valence-corrected chi connectivity index (χ0v) is 27.2. The van der Waals surface area contributed by atoms with Crippen LogP contribution in [0.3, 0.4) is 0 Å².